The Kier molecular flexibility index (Phi) is 4.95. The lowest BCUT2D eigenvalue weighted by Gasteiger charge is -2.13. The first-order valence-electron chi connectivity index (χ1n) is 6.12. The van der Waals surface area contributed by atoms with E-state index in [1.54, 1.807) is 12.1 Å². The average Bonchev–Trinajstić information content (AvgIpc) is 2.83. The normalized spacial score (nSPS) is 12.6. The summed E-state index contributed by atoms with van der Waals surface area (Å²) in [6, 6.07) is 11.3. The van der Waals surface area contributed by atoms with E-state index in [0.717, 1.165) is 23.7 Å². The van der Waals surface area contributed by atoms with E-state index in [0.29, 0.717) is 5.92 Å². The van der Waals surface area contributed by atoms with Crippen LogP contribution in [0.5, 0.6) is 0 Å². The minimum atomic E-state index is -0.154. The van der Waals surface area contributed by atoms with Gasteiger partial charge in [-0.1, -0.05) is 35.0 Å². The summed E-state index contributed by atoms with van der Waals surface area (Å²) < 4.78 is 13.2. The van der Waals surface area contributed by atoms with Gasteiger partial charge in [-0.3, -0.25) is 0 Å². The van der Waals surface area contributed by atoms with Crippen LogP contribution in [0.15, 0.2) is 36.4 Å². The fourth-order valence-electron chi connectivity index (χ4n) is 1.99. The van der Waals surface area contributed by atoms with Crippen LogP contribution in [0, 0.1) is 5.82 Å². The Morgan fingerprint density at radius 3 is 2.61 bits per heavy atom. The van der Waals surface area contributed by atoms with E-state index in [1.807, 2.05) is 17.4 Å². The Morgan fingerprint density at radius 1 is 1.22 bits per heavy atom. The smallest absolute Gasteiger partial charge is 0.123 e. The molecule has 0 amide bonds. The summed E-state index contributed by atoms with van der Waals surface area (Å²) in [4.78, 5) is 2.79. The minimum absolute atomic E-state index is 0.154. The van der Waals surface area contributed by atoms with Crippen LogP contribution in [0.25, 0.3) is 0 Å². The van der Waals surface area contributed by atoms with Crippen LogP contribution >= 0.6 is 27.3 Å². The molecule has 1 aromatic carbocycles. The maximum Gasteiger partial charge on any atom is 0.123 e. The number of aryl methyl sites for hydroxylation is 1. The zero-order chi connectivity index (χ0) is 13.0. The summed E-state index contributed by atoms with van der Waals surface area (Å²) in [5, 5.41) is 0.857. The molecule has 0 saturated heterocycles. The van der Waals surface area contributed by atoms with Crippen molar-refractivity contribution in [2.75, 3.05) is 5.33 Å². The van der Waals surface area contributed by atoms with Gasteiger partial charge in [0.25, 0.3) is 0 Å². The van der Waals surface area contributed by atoms with Gasteiger partial charge in [-0.2, -0.15) is 0 Å². The molecular formula is C15H16BrFS. The lowest BCUT2D eigenvalue weighted by atomic mass is 9.97. The number of alkyl halides is 1. The largest absolute Gasteiger partial charge is 0.207 e. The molecule has 0 aliphatic carbocycles. The Labute approximate surface area is 120 Å². The maximum atomic E-state index is 13.2. The molecule has 0 bridgehead atoms. The standard InChI is InChI=1S/C15H16BrFS/c1-2-14-6-7-15(18-14)9-12(10-16)11-4-3-5-13(17)8-11/h3-8,12H,2,9-10H2,1H3. The van der Waals surface area contributed by atoms with Gasteiger partial charge in [0.05, 0.1) is 0 Å². The summed E-state index contributed by atoms with van der Waals surface area (Å²) in [5.41, 5.74) is 1.07. The second-order valence-corrected chi connectivity index (χ2v) is 6.23. The second kappa shape index (κ2) is 6.48. The van der Waals surface area contributed by atoms with E-state index in [1.165, 1.54) is 15.8 Å². The molecule has 0 saturated carbocycles. The van der Waals surface area contributed by atoms with Gasteiger partial charge in [0.2, 0.25) is 0 Å². The van der Waals surface area contributed by atoms with E-state index in [2.05, 4.69) is 35.0 Å². The van der Waals surface area contributed by atoms with E-state index < -0.39 is 0 Å². The van der Waals surface area contributed by atoms with E-state index in [4.69, 9.17) is 0 Å². The SMILES string of the molecule is CCc1ccc(CC(CBr)c2cccc(F)c2)s1. The molecule has 1 atom stereocenters. The highest BCUT2D eigenvalue weighted by Gasteiger charge is 2.13. The van der Waals surface area contributed by atoms with E-state index in [-0.39, 0.29) is 5.82 Å². The van der Waals surface area contributed by atoms with Crippen LogP contribution in [0.4, 0.5) is 4.39 Å². The fraction of sp³-hybridized carbons (Fsp3) is 0.333. The first-order chi connectivity index (χ1) is 8.72. The highest BCUT2D eigenvalue weighted by molar-refractivity contribution is 9.09. The molecule has 1 aromatic heterocycles. The molecule has 0 aliphatic heterocycles. The van der Waals surface area contributed by atoms with Crippen molar-refractivity contribution in [1.82, 2.24) is 0 Å². The van der Waals surface area contributed by atoms with Crippen LogP contribution in [0.1, 0.15) is 28.2 Å². The number of hydrogen-bond acceptors (Lipinski definition) is 1. The van der Waals surface area contributed by atoms with Crippen LogP contribution in [0.2, 0.25) is 0 Å². The van der Waals surface area contributed by atoms with Crippen molar-refractivity contribution in [3.8, 4) is 0 Å². The summed E-state index contributed by atoms with van der Waals surface area (Å²) in [6.07, 6.45) is 2.06. The predicted octanol–water partition coefficient (Wildman–Crippen LogP) is 5.17. The Morgan fingerprint density at radius 2 is 2.00 bits per heavy atom. The van der Waals surface area contributed by atoms with Gasteiger partial charge in [0, 0.05) is 15.1 Å². The van der Waals surface area contributed by atoms with Crippen molar-refractivity contribution in [1.29, 1.82) is 0 Å². The van der Waals surface area contributed by atoms with Gasteiger partial charge >= 0.3 is 0 Å². The number of rotatable bonds is 5. The highest BCUT2D eigenvalue weighted by Crippen LogP contribution is 2.27. The molecule has 2 rings (SSSR count). The van der Waals surface area contributed by atoms with Gasteiger partial charge in [-0.25, -0.2) is 4.39 Å². The molecule has 1 heterocycles. The third-order valence-corrected chi connectivity index (χ3v) is 5.05. The number of benzene rings is 1. The molecular weight excluding hydrogens is 311 g/mol. The molecule has 0 nitrogen and oxygen atoms in total. The molecule has 0 N–H and O–H groups in total. The zero-order valence-electron chi connectivity index (χ0n) is 10.3. The second-order valence-electron chi connectivity index (χ2n) is 4.33. The summed E-state index contributed by atoms with van der Waals surface area (Å²) in [6.45, 7) is 2.17. The minimum Gasteiger partial charge on any atom is -0.207 e. The molecule has 96 valence electrons. The van der Waals surface area contributed by atoms with E-state index >= 15 is 0 Å². The molecule has 0 fully saturated rings. The molecule has 0 radical (unpaired) electrons. The van der Waals surface area contributed by atoms with Gasteiger partial charge in [-0.15, -0.1) is 11.3 Å². The van der Waals surface area contributed by atoms with Gasteiger partial charge in [0.1, 0.15) is 5.82 Å². The number of halogens is 2. The van der Waals surface area contributed by atoms with Crippen LogP contribution in [-0.4, -0.2) is 5.33 Å². The highest BCUT2D eigenvalue weighted by atomic mass is 79.9. The molecule has 1 unspecified atom stereocenters. The van der Waals surface area contributed by atoms with Crippen molar-refractivity contribution in [2.24, 2.45) is 0 Å². The van der Waals surface area contributed by atoms with Crippen molar-refractivity contribution >= 4 is 27.3 Å². The lowest BCUT2D eigenvalue weighted by Crippen LogP contribution is -2.03. The monoisotopic (exact) mass is 326 g/mol. The molecule has 0 aliphatic rings. The van der Waals surface area contributed by atoms with Crippen LogP contribution in [-0.2, 0) is 12.8 Å². The van der Waals surface area contributed by atoms with Crippen molar-refractivity contribution in [3.05, 3.63) is 57.5 Å². The quantitative estimate of drug-likeness (QED) is 0.665. The van der Waals surface area contributed by atoms with Gasteiger partial charge in [-0.05, 0) is 48.6 Å². The van der Waals surface area contributed by atoms with Crippen LogP contribution in [0.3, 0.4) is 0 Å². The van der Waals surface area contributed by atoms with Gasteiger partial charge in [0.15, 0.2) is 0 Å². The predicted molar refractivity (Wildman–Crippen MR) is 80.3 cm³/mol. The van der Waals surface area contributed by atoms with Crippen molar-refractivity contribution in [3.63, 3.8) is 0 Å². The molecule has 3 heteroatoms. The number of thiophene rings is 1. The third-order valence-electron chi connectivity index (χ3n) is 3.02. The maximum absolute atomic E-state index is 13.2. The lowest BCUT2D eigenvalue weighted by molar-refractivity contribution is 0.622. The number of hydrogen-bond donors (Lipinski definition) is 0. The van der Waals surface area contributed by atoms with Crippen molar-refractivity contribution in [2.45, 2.75) is 25.7 Å². The zero-order valence-corrected chi connectivity index (χ0v) is 12.7. The average molecular weight is 327 g/mol. The first-order valence-corrected chi connectivity index (χ1v) is 8.05. The van der Waals surface area contributed by atoms with E-state index in [9.17, 15) is 4.39 Å². The Hall–Kier alpha value is -0.670. The topological polar surface area (TPSA) is 0 Å². The summed E-state index contributed by atoms with van der Waals surface area (Å²) in [7, 11) is 0. The third kappa shape index (κ3) is 3.42. The van der Waals surface area contributed by atoms with Crippen molar-refractivity contribution < 1.29 is 4.39 Å². The Bertz CT molecular complexity index is 507. The van der Waals surface area contributed by atoms with Gasteiger partial charge < -0.3 is 0 Å². The first kappa shape index (κ1) is 13.8. The molecule has 0 spiro atoms. The Balaban J connectivity index is 2.14. The van der Waals surface area contributed by atoms with Crippen LogP contribution < -0.4 is 0 Å². The fourth-order valence-corrected chi connectivity index (χ4v) is 3.63. The molecule has 2 aromatic rings. The molecule has 18 heavy (non-hydrogen) atoms. The summed E-state index contributed by atoms with van der Waals surface area (Å²) >= 11 is 5.40. The summed E-state index contributed by atoms with van der Waals surface area (Å²) in [5.74, 6) is 0.183.